The number of fused-ring (bicyclic) bond motifs is 3. The van der Waals surface area contributed by atoms with Gasteiger partial charge in [-0.2, -0.15) is 0 Å². The van der Waals surface area contributed by atoms with Crippen molar-refractivity contribution >= 4 is 38.1 Å². The van der Waals surface area contributed by atoms with Crippen LogP contribution in [0.3, 0.4) is 0 Å². The van der Waals surface area contributed by atoms with Gasteiger partial charge in [-0.05, 0) is 24.6 Å². The Labute approximate surface area is 143 Å². The summed E-state index contributed by atoms with van der Waals surface area (Å²) in [6.45, 7) is 2.14. The molecule has 2 heterocycles. The molecule has 0 atom stereocenters. The molecule has 0 unspecified atom stereocenters. The van der Waals surface area contributed by atoms with E-state index < -0.39 is 0 Å². The van der Waals surface area contributed by atoms with Gasteiger partial charge >= 0.3 is 0 Å². The van der Waals surface area contributed by atoms with Gasteiger partial charge in [0.25, 0.3) is 0 Å². The molecule has 0 saturated carbocycles. The van der Waals surface area contributed by atoms with E-state index in [4.69, 9.17) is 16.3 Å². The first-order valence-electron chi connectivity index (χ1n) is 7.50. The third-order valence-electron chi connectivity index (χ3n) is 3.88. The van der Waals surface area contributed by atoms with E-state index in [1.54, 1.807) is 11.3 Å². The fraction of sp³-hybridized carbons (Fsp3) is 0.167. The van der Waals surface area contributed by atoms with Crippen LogP contribution in [0.2, 0.25) is 0 Å². The monoisotopic (exact) mass is 342 g/mol. The van der Waals surface area contributed by atoms with Crippen molar-refractivity contribution in [2.75, 3.05) is 0 Å². The molecule has 0 N–H and O–H groups in total. The summed E-state index contributed by atoms with van der Waals surface area (Å²) in [5.41, 5.74) is 3.34. The number of hydrogen-bond donors (Lipinski definition) is 0. The van der Waals surface area contributed by atoms with Crippen LogP contribution < -0.4 is 4.74 Å². The first kappa shape index (κ1) is 14.5. The molecule has 0 aliphatic heterocycles. The van der Waals surface area contributed by atoms with Crippen molar-refractivity contribution in [2.24, 2.45) is 0 Å². The van der Waals surface area contributed by atoms with E-state index in [0.717, 1.165) is 34.0 Å². The van der Waals surface area contributed by atoms with Crippen molar-refractivity contribution in [3.63, 3.8) is 0 Å². The highest BCUT2D eigenvalue weighted by Gasteiger charge is 2.11. The topological polar surface area (TPSA) is 26.5 Å². The van der Waals surface area contributed by atoms with Crippen LogP contribution in [-0.2, 0) is 12.3 Å². The van der Waals surface area contributed by atoms with E-state index in [0.29, 0.717) is 5.88 Å². The van der Waals surface area contributed by atoms with Gasteiger partial charge in [-0.1, -0.05) is 36.5 Å². The van der Waals surface area contributed by atoms with Crippen LogP contribution in [0, 0.1) is 0 Å². The minimum absolute atomic E-state index is 0.433. The largest absolute Gasteiger partial charge is 0.457 e. The summed E-state index contributed by atoms with van der Waals surface area (Å²) < 4.78 is 9.48. The average Bonchev–Trinajstić information content (AvgIpc) is 3.14. The van der Waals surface area contributed by atoms with E-state index in [1.807, 2.05) is 36.5 Å². The number of rotatable bonds is 4. The summed E-state index contributed by atoms with van der Waals surface area (Å²) in [5.74, 6) is 2.04. The molecule has 0 saturated heterocycles. The Morgan fingerprint density at radius 1 is 1.22 bits per heavy atom. The SMILES string of the molecule is CCc1cnc2sc3ccc(Oc4ccccc4CCl)cc3n12. The van der Waals surface area contributed by atoms with Crippen LogP contribution in [0.25, 0.3) is 15.2 Å². The fourth-order valence-electron chi connectivity index (χ4n) is 2.71. The molecule has 5 heteroatoms. The van der Waals surface area contributed by atoms with Crippen molar-refractivity contribution in [2.45, 2.75) is 19.2 Å². The number of aromatic nitrogens is 2. The molecule has 116 valence electrons. The lowest BCUT2D eigenvalue weighted by atomic mass is 10.2. The second-order valence-corrected chi connectivity index (χ2v) is 6.57. The summed E-state index contributed by atoms with van der Waals surface area (Å²) in [4.78, 5) is 5.51. The molecule has 0 spiro atoms. The minimum Gasteiger partial charge on any atom is -0.457 e. The maximum absolute atomic E-state index is 6.06. The maximum Gasteiger partial charge on any atom is 0.194 e. The lowest BCUT2D eigenvalue weighted by molar-refractivity contribution is 0.479. The number of nitrogens with zero attached hydrogens (tertiary/aromatic N) is 2. The summed E-state index contributed by atoms with van der Waals surface area (Å²) in [7, 11) is 0. The molecule has 0 aliphatic carbocycles. The van der Waals surface area contributed by atoms with Crippen LogP contribution in [0.15, 0.2) is 48.7 Å². The van der Waals surface area contributed by atoms with Crippen LogP contribution in [-0.4, -0.2) is 9.38 Å². The minimum atomic E-state index is 0.433. The standard InChI is InChI=1S/C18H15ClN2OS/c1-2-13-11-20-18-21(13)15-9-14(7-8-17(15)23-18)22-16-6-4-3-5-12(16)10-19/h3-9,11H,2,10H2,1H3. The van der Waals surface area contributed by atoms with Crippen LogP contribution in [0.4, 0.5) is 0 Å². The second kappa shape index (κ2) is 5.87. The van der Waals surface area contributed by atoms with Gasteiger partial charge in [-0.25, -0.2) is 4.98 Å². The second-order valence-electron chi connectivity index (χ2n) is 5.30. The van der Waals surface area contributed by atoms with Crippen molar-refractivity contribution in [1.82, 2.24) is 9.38 Å². The zero-order valence-electron chi connectivity index (χ0n) is 12.6. The van der Waals surface area contributed by atoms with Crippen LogP contribution in [0.1, 0.15) is 18.2 Å². The Balaban J connectivity index is 1.81. The number of ether oxygens (including phenoxy) is 1. The number of alkyl halides is 1. The quantitative estimate of drug-likeness (QED) is 0.448. The van der Waals surface area contributed by atoms with E-state index in [1.165, 1.54) is 10.4 Å². The van der Waals surface area contributed by atoms with Crippen molar-refractivity contribution in [1.29, 1.82) is 0 Å². The predicted molar refractivity (Wildman–Crippen MR) is 96.0 cm³/mol. The lowest BCUT2D eigenvalue weighted by Crippen LogP contribution is -1.91. The maximum atomic E-state index is 6.06. The average molecular weight is 343 g/mol. The van der Waals surface area contributed by atoms with Gasteiger partial charge < -0.3 is 4.74 Å². The molecule has 0 fully saturated rings. The fourth-order valence-corrected chi connectivity index (χ4v) is 3.93. The molecule has 3 nitrogen and oxygen atoms in total. The number of hydrogen-bond acceptors (Lipinski definition) is 3. The summed E-state index contributed by atoms with van der Waals surface area (Å²) in [6.07, 6.45) is 2.90. The highest BCUT2D eigenvalue weighted by molar-refractivity contribution is 7.23. The van der Waals surface area contributed by atoms with Crippen molar-refractivity contribution < 1.29 is 4.74 Å². The zero-order chi connectivity index (χ0) is 15.8. The summed E-state index contributed by atoms with van der Waals surface area (Å²) in [5, 5.41) is 0. The van der Waals surface area contributed by atoms with E-state index in [-0.39, 0.29) is 0 Å². The predicted octanol–water partition coefficient (Wildman–Crippen LogP) is 5.64. The molecule has 0 amide bonds. The molecule has 0 radical (unpaired) electrons. The summed E-state index contributed by atoms with van der Waals surface area (Å²) in [6, 6.07) is 14.0. The van der Waals surface area contributed by atoms with Gasteiger partial charge in [0.15, 0.2) is 4.96 Å². The molecular formula is C18H15ClN2OS. The van der Waals surface area contributed by atoms with Crippen LogP contribution in [0.5, 0.6) is 11.5 Å². The Hall–Kier alpha value is -2.04. The Morgan fingerprint density at radius 3 is 2.91 bits per heavy atom. The van der Waals surface area contributed by atoms with Gasteiger partial charge in [0.2, 0.25) is 0 Å². The number of aryl methyl sites for hydroxylation is 1. The molecule has 4 rings (SSSR count). The molecule has 2 aromatic heterocycles. The molecule has 0 bridgehead atoms. The van der Waals surface area contributed by atoms with Gasteiger partial charge in [-0.15, -0.1) is 11.6 Å². The number of thiazole rings is 1. The molecule has 2 aromatic carbocycles. The van der Waals surface area contributed by atoms with Crippen LogP contribution >= 0.6 is 22.9 Å². The number of imidazole rings is 1. The van der Waals surface area contributed by atoms with Gasteiger partial charge in [0, 0.05) is 17.3 Å². The number of halogens is 1. The molecule has 0 aliphatic rings. The highest BCUT2D eigenvalue weighted by atomic mass is 35.5. The Kier molecular flexibility index (Phi) is 3.71. The van der Waals surface area contributed by atoms with Crippen molar-refractivity contribution in [3.05, 3.63) is 59.9 Å². The van der Waals surface area contributed by atoms with E-state index in [2.05, 4.69) is 28.4 Å². The Morgan fingerprint density at radius 2 is 2.09 bits per heavy atom. The first-order valence-corrected chi connectivity index (χ1v) is 8.86. The van der Waals surface area contributed by atoms with Gasteiger partial charge in [0.05, 0.1) is 22.3 Å². The molecular weight excluding hydrogens is 328 g/mol. The number of para-hydroxylation sites is 1. The molecule has 4 aromatic rings. The highest BCUT2D eigenvalue weighted by Crippen LogP contribution is 2.33. The number of benzene rings is 2. The van der Waals surface area contributed by atoms with Crippen molar-refractivity contribution in [3.8, 4) is 11.5 Å². The molecule has 23 heavy (non-hydrogen) atoms. The normalized spacial score (nSPS) is 11.4. The van der Waals surface area contributed by atoms with E-state index in [9.17, 15) is 0 Å². The van der Waals surface area contributed by atoms with E-state index >= 15 is 0 Å². The Bertz CT molecular complexity index is 989. The summed E-state index contributed by atoms with van der Waals surface area (Å²) >= 11 is 7.68. The van der Waals surface area contributed by atoms with Gasteiger partial charge in [-0.3, -0.25) is 4.40 Å². The zero-order valence-corrected chi connectivity index (χ0v) is 14.2. The van der Waals surface area contributed by atoms with Gasteiger partial charge in [0.1, 0.15) is 11.5 Å². The lowest BCUT2D eigenvalue weighted by Gasteiger charge is -2.09. The third-order valence-corrected chi connectivity index (χ3v) is 5.21. The first-order chi connectivity index (χ1) is 11.3. The smallest absolute Gasteiger partial charge is 0.194 e. The third kappa shape index (κ3) is 2.48.